The van der Waals surface area contributed by atoms with Crippen LogP contribution >= 0.6 is 0 Å². The molecule has 1 amide bonds. The third-order valence-corrected chi connectivity index (χ3v) is 3.22. The van der Waals surface area contributed by atoms with E-state index in [2.05, 4.69) is 11.8 Å². The zero-order chi connectivity index (χ0) is 13.2. The summed E-state index contributed by atoms with van der Waals surface area (Å²) in [5, 5.41) is 0. The Morgan fingerprint density at radius 2 is 2.11 bits per heavy atom. The summed E-state index contributed by atoms with van der Waals surface area (Å²) in [7, 11) is 0. The van der Waals surface area contributed by atoms with Crippen LogP contribution in [-0.2, 0) is 14.3 Å². The predicted octanol–water partition coefficient (Wildman–Crippen LogP) is 0.769. The fourth-order valence-electron chi connectivity index (χ4n) is 2.04. The maximum atomic E-state index is 11.2. The van der Waals surface area contributed by atoms with E-state index in [9.17, 15) is 4.79 Å². The van der Waals surface area contributed by atoms with Gasteiger partial charge in [-0.1, -0.05) is 26.2 Å². The molecule has 1 atom stereocenters. The smallest absolute Gasteiger partial charge is 0.246 e. The van der Waals surface area contributed by atoms with Crippen molar-refractivity contribution in [2.45, 2.75) is 38.7 Å². The highest BCUT2D eigenvalue weighted by atomic mass is 16.5. The molecule has 1 fully saturated rings. The van der Waals surface area contributed by atoms with E-state index >= 15 is 0 Å². The van der Waals surface area contributed by atoms with E-state index in [1.54, 1.807) is 0 Å². The maximum absolute atomic E-state index is 11.2. The first-order valence-electron chi connectivity index (χ1n) is 6.95. The van der Waals surface area contributed by atoms with Gasteiger partial charge in [-0.3, -0.25) is 9.69 Å². The van der Waals surface area contributed by atoms with Gasteiger partial charge in [0.2, 0.25) is 5.91 Å². The highest BCUT2D eigenvalue weighted by Gasteiger charge is 2.16. The van der Waals surface area contributed by atoms with Gasteiger partial charge in [-0.2, -0.15) is 0 Å². The Morgan fingerprint density at radius 1 is 1.39 bits per heavy atom. The van der Waals surface area contributed by atoms with Crippen LogP contribution in [0.1, 0.15) is 32.6 Å². The summed E-state index contributed by atoms with van der Waals surface area (Å²) in [5.74, 6) is -0.340. The van der Waals surface area contributed by atoms with Crippen LogP contribution in [0.2, 0.25) is 0 Å². The summed E-state index contributed by atoms with van der Waals surface area (Å²) < 4.78 is 10.9. The van der Waals surface area contributed by atoms with Crippen LogP contribution in [0.4, 0.5) is 0 Å². The number of nitrogens with two attached hydrogens (primary N) is 1. The van der Waals surface area contributed by atoms with E-state index in [-0.39, 0.29) is 5.91 Å². The van der Waals surface area contributed by atoms with Crippen molar-refractivity contribution in [2.24, 2.45) is 5.73 Å². The molecule has 2 N–H and O–H groups in total. The van der Waals surface area contributed by atoms with Crippen LogP contribution in [0.25, 0.3) is 0 Å². The van der Waals surface area contributed by atoms with E-state index in [0.717, 1.165) is 58.5 Å². The van der Waals surface area contributed by atoms with Crippen molar-refractivity contribution in [2.75, 3.05) is 39.5 Å². The Bertz CT molecular complexity index is 230. The van der Waals surface area contributed by atoms with Crippen molar-refractivity contribution >= 4 is 5.91 Å². The number of hydrogen-bond acceptors (Lipinski definition) is 4. The van der Waals surface area contributed by atoms with Gasteiger partial charge in [0.1, 0.15) is 6.10 Å². The molecule has 0 spiro atoms. The SMILES string of the molecule is CCCCCC(OCCN1CCOCC1)C(N)=O. The lowest BCUT2D eigenvalue weighted by Gasteiger charge is -2.27. The molecule has 5 nitrogen and oxygen atoms in total. The van der Waals surface area contributed by atoms with Crippen molar-refractivity contribution in [1.29, 1.82) is 0 Å². The minimum atomic E-state index is -0.419. The van der Waals surface area contributed by atoms with Gasteiger partial charge in [0.25, 0.3) is 0 Å². The first-order valence-corrected chi connectivity index (χ1v) is 6.95. The van der Waals surface area contributed by atoms with Gasteiger partial charge in [-0.25, -0.2) is 0 Å². The predicted molar refractivity (Wildman–Crippen MR) is 70.3 cm³/mol. The third-order valence-electron chi connectivity index (χ3n) is 3.22. The molecule has 0 bridgehead atoms. The van der Waals surface area contributed by atoms with Crippen LogP contribution in [0, 0.1) is 0 Å². The van der Waals surface area contributed by atoms with Crippen LogP contribution in [0.15, 0.2) is 0 Å². The quantitative estimate of drug-likeness (QED) is 0.620. The second kappa shape index (κ2) is 9.30. The van der Waals surface area contributed by atoms with E-state index < -0.39 is 6.10 Å². The number of unbranched alkanes of at least 4 members (excludes halogenated alkanes) is 2. The van der Waals surface area contributed by atoms with Crippen LogP contribution in [0.3, 0.4) is 0 Å². The lowest BCUT2D eigenvalue weighted by Crippen LogP contribution is -2.40. The molecule has 0 radical (unpaired) electrons. The van der Waals surface area contributed by atoms with Crippen LogP contribution in [0.5, 0.6) is 0 Å². The molecule has 1 heterocycles. The van der Waals surface area contributed by atoms with Crippen molar-refractivity contribution in [3.05, 3.63) is 0 Å². The summed E-state index contributed by atoms with van der Waals surface area (Å²) in [5.41, 5.74) is 5.34. The zero-order valence-electron chi connectivity index (χ0n) is 11.4. The molecule has 1 saturated heterocycles. The van der Waals surface area contributed by atoms with Gasteiger partial charge >= 0.3 is 0 Å². The molecule has 1 rings (SSSR count). The lowest BCUT2D eigenvalue weighted by atomic mass is 10.1. The molecule has 106 valence electrons. The Balaban J connectivity index is 2.13. The van der Waals surface area contributed by atoms with E-state index in [0.29, 0.717) is 6.61 Å². The Morgan fingerprint density at radius 3 is 2.72 bits per heavy atom. The first-order chi connectivity index (χ1) is 8.74. The fourth-order valence-corrected chi connectivity index (χ4v) is 2.04. The molecule has 5 heteroatoms. The molecule has 0 aliphatic carbocycles. The summed E-state index contributed by atoms with van der Waals surface area (Å²) in [6.07, 6.45) is 3.58. The molecule has 0 aromatic rings. The second-order valence-electron chi connectivity index (χ2n) is 4.71. The number of primary amides is 1. The molecule has 0 aromatic carbocycles. The van der Waals surface area contributed by atoms with Crippen molar-refractivity contribution < 1.29 is 14.3 Å². The van der Waals surface area contributed by atoms with Gasteiger partial charge in [0.05, 0.1) is 19.8 Å². The Labute approximate surface area is 110 Å². The topological polar surface area (TPSA) is 64.8 Å². The van der Waals surface area contributed by atoms with Gasteiger partial charge < -0.3 is 15.2 Å². The summed E-state index contributed by atoms with van der Waals surface area (Å²) in [4.78, 5) is 13.5. The van der Waals surface area contributed by atoms with Gasteiger partial charge in [0, 0.05) is 19.6 Å². The second-order valence-corrected chi connectivity index (χ2v) is 4.71. The number of carbonyl (C=O) groups is 1. The molecular formula is C13H26N2O3. The Hall–Kier alpha value is -0.650. The fraction of sp³-hybridized carbons (Fsp3) is 0.923. The largest absolute Gasteiger partial charge is 0.379 e. The zero-order valence-corrected chi connectivity index (χ0v) is 11.4. The van der Waals surface area contributed by atoms with Crippen molar-refractivity contribution in [3.8, 4) is 0 Å². The molecule has 0 aromatic heterocycles. The number of nitrogens with zero attached hydrogens (tertiary/aromatic N) is 1. The molecule has 0 saturated carbocycles. The van der Waals surface area contributed by atoms with E-state index in [1.165, 1.54) is 0 Å². The summed E-state index contributed by atoms with van der Waals surface area (Å²) in [6.45, 7) is 7.02. The normalized spacial score (nSPS) is 18.7. The first kappa shape index (κ1) is 15.4. The van der Waals surface area contributed by atoms with Crippen molar-refractivity contribution in [1.82, 2.24) is 4.90 Å². The Kier molecular flexibility index (Phi) is 7.96. The molecule has 1 unspecified atom stereocenters. The lowest BCUT2D eigenvalue weighted by molar-refractivity contribution is -0.130. The third kappa shape index (κ3) is 6.33. The number of ether oxygens (including phenoxy) is 2. The average Bonchev–Trinajstić information content (AvgIpc) is 2.38. The van der Waals surface area contributed by atoms with Gasteiger partial charge in [-0.15, -0.1) is 0 Å². The van der Waals surface area contributed by atoms with Crippen LogP contribution < -0.4 is 5.73 Å². The number of rotatable bonds is 9. The molecule has 18 heavy (non-hydrogen) atoms. The standard InChI is InChI=1S/C13H26N2O3/c1-2-3-4-5-12(13(14)16)18-11-8-15-6-9-17-10-7-15/h12H,2-11H2,1H3,(H2,14,16). The number of morpholine rings is 1. The summed E-state index contributed by atoms with van der Waals surface area (Å²) in [6, 6.07) is 0. The van der Waals surface area contributed by atoms with Gasteiger partial charge in [0.15, 0.2) is 0 Å². The number of amides is 1. The average molecular weight is 258 g/mol. The van der Waals surface area contributed by atoms with Crippen molar-refractivity contribution in [3.63, 3.8) is 0 Å². The highest BCUT2D eigenvalue weighted by Crippen LogP contribution is 2.07. The van der Waals surface area contributed by atoms with E-state index in [1.807, 2.05) is 0 Å². The van der Waals surface area contributed by atoms with E-state index in [4.69, 9.17) is 15.2 Å². The molecule has 1 aliphatic heterocycles. The maximum Gasteiger partial charge on any atom is 0.246 e. The minimum absolute atomic E-state index is 0.340. The number of hydrogen-bond donors (Lipinski definition) is 1. The highest BCUT2D eigenvalue weighted by molar-refractivity contribution is 5.78. The molecular weight excluding hydrogens is 232 g/mol. The summed E-state index contributed by atoms with van der Waals surface area (Å²) >= 11 is 0. The minimum Gasteiger partial charge on any atom is -0.379 e. The van der Waals surface area contributed by atoms with Gasteiger partial charge in [-0.05, 0) is 6.42 Å². The molecule has 1 aliphatic rings. The monoisotopic (exact) mass is 258 g/mol. The van der Waals surface area contributed by atoms with Crippen LogP contribution in [-0.4, -0.2) is 56.4 Å². The number of carbonyl (C=O) groups excluding carboxylic acids is 1.